The summed E-state index contributed by atoms with van der Waals surface area (Å²) in [6.07, 6.45) is 0. The SMILES string of the molecule is CN(CCO)C(=O)Cn1c(-c2ccccc2)nn(-c2ccc(Cl)cc2)c1=O. The average Bonchev–Trinajstić information content (AvgIpc) is 3.00. The summed E-state index contributed by atoms with van der Waals surface area (Å²) in [5.41, 5.74) is 0.846. The number of aliphatic hydroxyl groups excluding tert-OH is 1. The molecule has 0 saturated carbocycles. The predicted molar refractivity (Wildman–Crippen MR) is 103 cm³/mol. The zero-order valence-electron chi connectivity index (χ0n) is 14.7. The maximum absolute atomic E-state index is 13.0. The normalized spacial score (nSPS) is 10.8. The van der Waals surface area contributed by atoms with Gasteiger partial charge < -0.3 is 10.0 Å². The first-order valence-electron chi connectivity index (χ1n) is 8.37. The first kappa shape index (κ1) is 18.9. The molecule has 140 valence electrons. The smallest absolute Gasteiger partial charge is 0.351 e. The van der Waals surface area contributed by atoms with Crippen molar-refractivity contribution in [3.05, 3.63) is 70.1 Å². The Bertz CT molecular complexity index is 980. The Morgan fingerprint density at radius 3 is 2.44 bits per heavy atom. The van der Waals surface area contributed by atoms with E-state index in [0.717, 1.165) is 5.56 Å². The summed E-state index contributed by atoms with van der Waals surface area (Å²) in [6, 6.07) is 15.9. The lowest BCUT2D eigenvalue weighted by Gasteiger charge is -2.16. The van der Waals surface area contributed by atoms with E-state index in [1.165, 1.54) is 14.1 Å². The largest absolute Gasteiger partial charge is 0.395 e. The summed E-state index contributed by atoms with van der Waals surface area (Å²) in [6.45, 7) is -0.126. The Kier molecular flexibility index (Phi) is 5.73. The molecule has 0 aliphatic rings. The minimum Gasteiger partial charge on any atom is -0.395 e. The molecule has 7 nitrogen and oxygen atoms in total. The highest BCUT2D eigenvalue weighted by molar-refractivity contribution is 6.30. The Morgan fingerprint density at radius 1 is 1.15 bits per heavy atom. The highest BCUT2D eigenvalue weighted by atomic mass is 35.5. The number of hydrogen-bond donors (Lipinski definition) is 1. The van der Waals surface area contributed by atoms with Gasteiger partial charge in [0.2, 0.25) is 5.91 Å². The number of nitrogens with zero attached hydrogens (tertiary/aromatic N) is 4. The fourth-order valence-corrected chi connectivity index (χ4v) is 2.75. The molecule has 1 heterocycles. The Balaban J connectivity index is 2.08. The van der Waals surface area contributed by atoms with Crippen LogP contribution >= 0.6 is 11.6 Å². The number of hydrogen-bond acceptors (Lipinski definition) is 4. The average molecular weight is 387 g/mol. The van der Waals surface area contributed by atoms with Gasteiger partial charge >= 0.3 is 5.69 Å². The molecule has 2 aromatic carbocycles. The molecule has 0 aliphatic carbocycles. The van der Waals surface area contributed by atoms with Crippen LogP contribution in [0.3, 0.4) is 0 Å². The van der Waals surface area contributed by atoms with Gasteiger partial charge in [-0.25, -0.2) is 4.79 Å². The van der Waals surface area contributed by atoms with Crippen LogP contribution in [0.1, 0.15) is 0 Å². The third-order valence-corrected chi connectivity index (χ3v) is 4.37. The summed E-state index contributed by atoms with van der Waals surface area (Å²) in [5, 5.41) is 14.0. The first-order chi connectivity index (χ1) is 13.0. The van der Waals surface area contributed by atoms with Gasteiger partial charge in [-0.15, -0.1) is 5.10 Å². The van der Waals surface area contributed by atoms with E-state index < -0.39 is 5.69 Å². The van der Waals surface area contributed by atoms with E-state index in [1.54, 1.807) is 31.3 Å². The van der Waals surface area contributed by atoms with Crippen molar-refractivity contribution in [3.8, 4) is 17.1 Å². The van der Waals surface area contributed by atoms with Crippen LogP contribution in [0.15, 0.2) is 59.4 Å². The number of carbonyl (C=O) groups is 1. The Hall–Kier alpha value is -2.90. The van der Waals surface area contributed by atoms with Crippen molar-refractivity contribution in [2.45, 2.75) is 6.54 Å². The number of aliphatic hydroxyl groups is 1. The summed E-state index contributed by atoms with van der Waals surface area (Å²) in [4.78, 5) is 26.8. The zero-order valence-corrected chi connectivity index (χ0v) is 15.5. The van der Waals surface area contributed by atoms with Crippen LogP contribution in [0.25, 0.3) is 17.1 Å². The van der Waals surface area contributed by atoms with Crippen LogP contribution in [0.2, 0.25) is 5.02 Å². The van der Waals surface area contributed by atoms with Gasteiger partial charge in [0.1, 0.15) is 6.54 Å². The van der Waals surface area contributed by atoms with Gasteiger partial charge in [0.15, 0.2) is 5.82 Å². The van der Waals surface area contributed by atoms with Crippen LogP contribution in [-0.4, -0.2) is 50.5 Å². The van der Waals surface area contributed by atoms with Crippen LogP contribution in [0.5, 0.6) is 0 Å². The van der Waals surface area contributed by atoms with Gasteiger partial charge in [-0.1, -0.05) is 41.9 Å². The molecule has 1 aromatic heterocycles. The molecule has 0 fully saturated rings. The monoisotopic (exact) mass is 386 g/mol. The highest BCUT2D eigenvalue weighted by Crippen LogP contribution is 2.18. The van der Waals surface area contributed by atoms with Crippen molar-refractivity contribution in [3.63, 3.8) is 0 Å². The molecular weight excluding hydrogens is 368 g/mol. The molecule has 0 saturated heterocycles. The zero-order chi connectivity index (χ0) is 19.4. The van der Waals surface area contributed by atoms with Gasteiger partial charge in [0.25, 0.3) is 0 Å². The van der Waals surface area contributed by atoms with Gasteiger partial charge in [-0.05, 0) is 24.3 Å². The number of aromatic nitrogens is 3. The molecule has 8 heteroatoms. The van der Waals surface area contributed by atoms with Gasteiger partial charge in [-0.2, -0.15) is 4.68 Å². The summed E-state index contributed by atoms with van der Waals surface area (Å²) >= 11 is 5.92. The maximum atomic E-state index is 13.0. The number of rotatable bonds is 6. The molecule has 1 N–H and O–H groups in total. The summed E-state index contributed by atoms with van der Waals surface area (Å²) in [7, 11) is 1.58. The molecule has 27 heavy (non-hydrogen) atoms. The third kappa shape index (κ3) is 4.10. The first-order valence-corrected chi connectivity index (χ1v) is 8.75. The van der Waals surface area contributed by atoms with Crippen molar-refractivity contribution >= 4 is 17.5 Å². The minimum absolute atomic E-state index is 0.146. The molecule has 3 rings (SSSR count). The molecule has 3 aromatic rings. The fourth-order valence-electron chi connectivity index (χ4n) is 2.62. The third-order valence-electron chi connectivity index (χ3n) is 4.12. The van der Waals surface area contributed by atoms with Crippen molar-refractivity contribution in [1.82, 2.24) is 19.2 Å². The number of benzene rings is 2. The Morgan fingerprint density at radius 2 is 1.81 bits per heavy atom. The van der Waals surface area contributed by atoms with Crippen LogP contribution < -0.4 is 5.69 Å². The molecule has 0 aliphatic heterocycles. The van der Waals surface area contributed by atoms with Crippen molar-refractivity contribution < 1.29 is 9.90 Å². The molecule has 1 amide bonds. The van der Waals surface area contributed by atoms with Crippen molar-refractivity contribution in [2.24, 2.45) is 0 Å². The van der Waals surface area contributed by atoms with E-state index in [4.69, 9.17) is 16.7 Å². The maximum Gasteiger partial charge on any atom is 0.351 e. The second-order valence-electron chi connectivity index (χ2n) is 5.99. The molecule has 0 radical (unpaired) electrons. The highest BCUT2D eigenvalue weighted by Gasteiger charge is 2.20. The lowest BCUT2D eigenvalue weighted by molar-refractivity contribution is -0.131. The summed E-state index contributed by atoms with van der Waals surface area (Å²) < 4.78 is 2.58. The van der Waals surface area contributed by atoms with Gasteiger partial charge in [-0.3, -0.25) is 9.36 Å². The summed E-state index contributed by atoms with van der Waals surface area (Å²) in [5.74, 6) is 0.0975. The van der Waals surface area contributed by atoms with E-state index in [0.29, 0.717) is 16.5 Å². The number of amides is 1. The van der Waals surface area contributed by atoms with Crippen molar-refractivity contribution in [1.29, 1.82) is 0 Å². The Labute approximate surface area is 161 Å². The van der Waals surface area contributed by atoms with Crippen LogP contribution in [0, 0.1) is 0 Å². The van der Waals surface area contributed by atoms with E-state index in [-0.39, 0.29) is 25.6 Å². The number of halogens is 1. The molecule has 0 bridgehead atoms. The topological polar surface area (TPSA) is 80.4 Å². The van der Waals surface area contributed by atoms with Gasteiger partial charge in [0, 0.05) is 24.2 Å². The predicted octanol–water partition coefficient (Wildman–Crippen LogP) is 1.81. The van der Waals surface area contributed by atoms with Gasteiger partial charge in [0.05, 0.1) is 12.3 Å². The van der Waals surface area contributed by atoms with E-state index >= 15 is 0 Å². The van der Waals surface area contributed by atoms with Crippen molar-refractivity contribution in [2.75, 3.05) is 20.2 Å². The molecular formula is C19H19ClN4O3. The minimum atomic E-state index is -0.429. The standard InChI is InChI=1S/C19H19ClN4O3/c1-22(11-12-25)17(26)13-23-18(14-5-3-2-4-6-14)21-24(19(23)27)16-9-7-15(20)8-10-16/h2-10,25H,11-13H2,1H3. The molecule has 0 unspecified atom stereocenters. The second kappa shape index (κ2) is 8.20. The second-order valence-corrected chi connectivity index (χ2v) is 6.42. The number of likely N-dealkylation sites (N-methyl/N-ethyl adjacent to an activating group) is 1. The van der Waals surface area contributed by atoms with Crippen LogP contribution in [-0.2, 0) is 11.3 Å². The lowest BCUT2D eigenvalue weighted by Crippen LogP contribution is -2.36. The molecule has 0 spiro atoms. The number of carbonyl (C=O) groups excluding carboxylic acids is 1. The molecule has 0 atom stereocenters. The lowest BCUT2D eigenvalue weighted by atomic mass is 10.2. The van der Waals surface area contributed by atoms with Crippen LogP contribution in [0.4, 0.5) is 0 Å². The van der Waals surface area contributed by atoms with E-state index in [1.807, 2.05) is 30.3 Å². The van der Waals surface area contributed by atoms with E-state index in [2.05, 4.69) is 5.10 Å². The quantitative estimate of drug-likeness (QED) is 0.700. The fraction of sp³-hybridized carbons (Fsp3) is 0.211. The van der Waals surface area contributed by atoms with E-state index in [9.17, 15) is 9.59 Å².